The first kappa shape index (κ1) is 18.2. The third-order valence-corrected chi connectivity index (χ3v) is 3.97. The number of hydrogen-bond donors (Lipinski definition) is 1. The molecular weight excluding hydrogens is 314 g/mol. The molecule has 1 saturated heterocycles. The van der Waals surface area contributed by atoms with E-state index in [1.54, 1.807) is 19.1 Å². The van der Waals surface area contributed by atoms with Crippen LogP contribution in [0.3, 0.4) is 0 Å². The van der Waals surface area contributed by atoms with Crippen LogP contribution in [0.15, 0.2) is 24.3 Å². The van der Waals surface area contributed by atoms with Crippen molar-refractivity contribution in [2.75, 3.05) is 39.3 Å². The predicted octanol–water partition coefficient (Wildman–Crippen LogP) is 0.889. The fraction of sp³-hybridized carbons (Fsp3) is 0.562. The van der Waals surface area contributed by atoms with Crippen molar-refractivity contribution in [3.63, 3.8) is 0 Å². The second-order valence-corrected chi connectivity index (χ2v) is 5.88. The summed E-state index contributed by atoms with van der Waals surface area (Å²) in [5.74, 6) is 0.438. The lowest BCUT2D eigenvalue weighted by molar-refractivity contribution is -0.384. The Morgan fingerprint density at radius 2 is 2.17 bits per heavy atom. The molecule has 1 unspecified atom stereocenters. The number of carbonyl (C=O) groups excluding carboxylic acids is 1. The van der Waals surface area contributed by atoms with Gasteiger partial charge in [-0.2, -0.15) is 0 Å². The van der Waals surface area contributed by atoms with E-state index in [-0.39, 0.29) is 18.2 Å². The minimum absolute atomic E-state index is 0.0427. The third kappa shape index (κ3) is 5.47. The Hall–Kier alpha value is -2.19. The van der Waals surface area contributed by atoms with Gasteiger partial charge < -0.3 is 14.7 Å². The number of rotatable bonds is 6. The SMILES string of the molecule is CC(=O)N1CCCN(CC(O)COc2cccc([N+](=O)[O-])c2)CC1. The van der Waals surface area contributed by atoms with Crippen molar-refractivity contribution in [1.29, 1.82) is 0 Å². The number of carbonyl (C=O) groups is 1. The molecule has 1 aromatic rings. The lowest BCUT2D eigenvalue weighted by Gasteiger charge is -2.23. The number of benzene rings is 1. The lowest BCUT2D eigenvalue weighted by Crippen LogP contribution is -2.38. The van der Waals surface area contributed by atoms with Crippen LogP contribution in [0.5, 0.6) is 5.75 Å². The van der Waals surface area contributed by atoms with E-state index in [0.29, 0.717) is 25.4 Å². The number of nitrogens with zero attached hydrogens (tertiary/aromatic N) is 3. The molecule has 1 atom stereocenters. The molecule has 8 nitrogen and oxygen atoms in total. The van der Waals surface area contributed by atoms with Crippen LogP contribution in [0.2, 0.25) is 0 Å². The molecule has 1 aromatic carbocycles. The molecular formula is C16H23N3O5. The van der Waals surface area contributed by atoms with Gasteiger partial charge in [0.1, 0.15) is 18.5 Å². The molecule has 1 aliphatic rings. The van der Waals surface area contributed by atoms with Crippen molar-refractivity contribution >= 4 is 11.6 Å². The molecule has 0 aliphatic carbocycles. The number of aliphatic hydroxyl groups is 1. The number of aliphatic hydroxyl groups excluding tert-OH is 1. The highest BCUT2D eigenvalue weighted by Crippen LogP contribution is 2.19. The highest BCUT2D eigenvalue weighted by molar-refractivity contribution is 5.73. The molecule has 2 rings (SSSR count). The van der Waals surface area contributed by atoms with E-state index in [4.69, 9.17) is 4.74 Å². The minimum Gasteiger partial charge on any atom is -0.491 e. The van der Waals surface area contributed by atoms with Crippen molar-refractivity contribution in [2.45, 2.75) is 19.4 Å². The molecule has 0 spiro atoms. The first-order valence-corrected chi connectivity index (χ1v) is 7.99. The summed E-state index contributed by atoms with van der Waals surface area (Å²) in [4.78, 5) is 25.6. The average molecular weight is 337 g/mol. The summed E-state index contributed by atoms with van der Waals surface area (Å²) in [6, 6.07) is 5.89. The molecule has 0 saturated carbocycles. The van der Waals surface area contributed by atoms with Gasteiger partial charge in [0, 0.05) is 39.2 Å². The number of hydrogen-bond acceptors (Lipinski definition) is 6. The minimum atomic E-state index is -0.701. The number of β-amino-alcohol motifs (C(OH)–C–C–N with tert-alkyl or cyclic N) is 1. The highest BCUT2D eigenvalue weighted by Gasteiger charge is 2.19. The maximum Gasteiger partial charge on any atom is 0.273 e. The first-order chi connectivity index (χ1) is 11.5. The van der Waals surface area contributed by atoms with E-state index < -0.39 is 11.0 Å². The van der Waals surface area contributed by atoms with Crippen LogP contribution in [0, 0.1) is 10.1 Å². The van der Waals surface area contributed by atoms with E-state index in [2.05, 4.69) is 4.90 Å². The van der Waals surface area contributed by atoms with E-state index in [1.807, 2.05) is 4.90 Å². The van der Waals surface area contributed by atoms with Gasteiger partial charge in [0.2, 0.25) is 5.91 Å². The summed E-state index contributed by atoms with van der Waals surface area (Å²) in [6.45, 7) is 5.01. The quantitative estimate of drug-likeness (QED) is 0.612. The number of nitro benzene ring substituents is 1. The second-order valence-electron chi connectivity index (χ2n) is 5.88. The molecule has 132 valence electrons. The Labute approximate surface area is 140 Å². The average Bonchev–Trinajstić information content (AvgIpc) is 2.79. The van der Waals surface area contributed by atoms with Gasteiger partial charge in [0.25, 0.3) is 5.69 Å². The van der Waals surface area contributed by atoms with Crippen LogP contribution in [0.4, 0.5) is 5.69 Å². The number of nitro groups is 1. The maximum atomic E-state index is 11.4. The van der Waals surface area contributed by atoms with Gasteiger partial charge in [-0.3, -0.25) is 19.8 Å². The van der Waals surface area contributed by atoms with Gasteiger partial charge in [-0.15, -0.1) is 0 Å². The van der Waals surface area contributed by atoms with E-state index >= 15 is 0 Å². The van der Waals surface area contributed by atoms with Crippen LogP contribution < -0.4 is 4.74 Å². The number of ether oxygens (including phenoxy) is 1. The van der Waals surface area contributed by atoms with Crippen LogP contribution in [0.25, 0.3) is 0 Å². The Morgan fingerprint density at radius 1 is 1.38 bits per heavy atom. The maximum absolute atomic E-state index is 11.4. The van der Waals surface area contributed by atoms with Crippen LogP contribution in [-0.4, -0.2) is 71.2 Å². The summed E-state index contributed by atoms with van der Waals surface area (Å²) < 4.78 is 5.45. The largest absolute Gasteiger partial charge is 0.491 e. The van der Waals surface area contributed by atoms with Gasteiger partial charge in [-0.25, -0.2) is 0 Å². The number of amides is 1. The van der Waals surface area contributed by atoms with E-state index in [9.17, 15) is 20.0 Å². The van der Waals surface area contributed by atoms with Crippen molar-refractivity contribution in [1.82, 2.24) is 9.80 Å². The second kappa shape index (κ2) is 8.60. The summed E-state index contributed by atoms with van der Waals surface area (Å²) in [5, 5.41) is 20.9. The van der Waals surface area contributed by atoms with Crippen LogP contribution >= 0.6 is 0 Å². The fourth-order valence-electron chi connectivity index (χ4n) is 2.70. The number of non-ortho nitro benzene ring substituents is 1. The Bertz CT molecular complexity index is 581. The zero-order valence-corrected chi connectivity index (χ0v) is 13.8. The molecule has 1 N–H and O–H groups in total. The molecule has 1 amide bonds. The van der Waals surface area contributed by atoms with Crippen molar-refractivity contribution in [2.24, 2.45) is 0 Å². The normalized spacial score (nSPS) is 17.2. The zero-order valence-electron chi connectivity index (χ0n) is 13.8. The lowest BCUT2D eigenvalue weighted by atomic mass is 10.3. The smallest absolute Gasteiger partial charge is 0.273 e. The molecule has 0 radical (unpaired) electrons. The summed E-state index contributed by atoms with van der Waals surface area (Å²) in [7, 11) is 0. The van der Waals surface area contributed by atoms with Crippen LogP contribution in [0.1, 0.15) is 13.3 Å². The monoisotopic (exact) mass is 337 g/mol. The Balaban J connectivity index is 1.79. The summed E-state index contributed by atoms with van der Waals surface area (Å²) in [6.07, 6.45) is 0.172. The van der Waals surface area contributed by atoms with Crippen molar-refractivity contribution in [3.8, 4) is 5.75 Å². The topological polar surface area (TPSA) is 96.2 Å². The Morgan fingerprint density at radius 3 is 2.88 bits per heavy atom. The zero-order chi connectivity index (χ0) is 17.5. The predicted molar refractivity (Wildman–Crippen MR) is 87.9 cm³/mol. The molecule has 1 heterocycles. The van der Waals surface area contributed by atoms with E-state index in [0.717, 1.165) is 19.5 Å². The summed E-state index contributed by atoms with van der Waals surface area (Å²) in [5.41, 5.74) is -0.0427. The standard InChI is InChI=1S/C16H23N3O5/c1-13(20)18-7-3-6-17(8-9-18)11-15(21)12-24-16-5-2-4-14(10-16)19(22)23/h2,4-5,10,15,21H,3,6-9,11-12H2,1H3. The third-order valence-electron chi connectivity index (χ3n) is 3.97. The van der Waals surface area contributed by atoms with Crippen molar-refractivity contribution in [3.05, 3.63) is 34.4 Å². The highest BCUT2D eigenvalue weighted by atomic mass is 16.6. The van der Waals surface area contributed by atoms with Crippen LogP contribution in [-0.2, 0) is 4.79 Å². The molecule has 1 fully saturated rings. The molecule has 1 aliphatic heterocycles. The fourth-order valence-corrected chi connectivity index (χ4v) is 2.70. The molecule has 0 aromatic heterocycles. The van der Waals surface area contributed by atoms with Crippen molar-refractivity contribution < 1.29 is 19.6 Å². The van der Waals surface area contributed by atoms with Gasteiger partial charge in [0.15, 0.2) is 0 Å². The van der Waals surface area contributed by atoms with Gasteiger partial charge in [-0.1, -0.05) is 6.07 Å². The molecule has 0 bridgehead atoms. The van der Waals surface area contributed by atoms with E-state index in [1.165, 1.54) is 12.1 Å². The molecule has 24 heavy (non-hydrogen) atoms. The Kier molecular flexibility index (Phi) is 6.51. The summed E-state index contributed by atoms with van der Waals surface area (Å²) >= 11 is 0. The van der Waals surface area contributed by atoms with Gasteiger partial charge in [0.05, 0.1) is 11.0 Å². The van der Waals surface area contributed by atoms with Gasteiger partial charge in [-0.05, 0) is 19.0 Å². The first-order valence-electron chi connectivity index (χ1n) is 7.99. The van der Waals surface area contributed by atoms with Gasteiger partial charge >= 0.3 is 0 Å². The molecule has 8 heteroatoms.